The molecule has 2 rings (SSSR count). The van der Waals surface area contributed by atoms with E-state index in [0.717, 1.165) is 23.2 Å². The lowest BCUT2D eigenvalue weighted by Gasteiger charge is -2.10. The first-order valence-corrected chi connectivity index (χ1v) is 6.27. The van der Waals surface area contributed by atoms with Crippen LogP contribution >= 0.6 is 0 Å². The van der Waals surface area contributed by atoms with Gasteiger partial charge in [-0.05, 0) is 37.1 Å². The minimum Gasteiger partial charge on any atom is -0.322 e. The average molecular weight is 257 g/mol. The highest BCUT2D eigenvalue weighted by Crippen LogP contribution is 2.18. The number of hydrogen-bond acceptors (Lipinski definition) is 1. The first-order valence-electron chi connectivity index (χ1n) is 6.27. The Morgan fingerprint density at radius 2 is 1.95 bits per heavy atom. The van der Waals surface area contributed by atoms with Gasteiger partial charge in [-0.2, -0.15) is 0 Å². The van der Waals surface area contributed by atoms with Crippen LogP contribution in [0.2, 0.25) is 0 Å². The maximum atomic E-state index is 13.6. The van der Waals surface area contributed by atoms with Gasteiger partial charge in [0.05, 0.1) is 5.56 Å². The summed E-state index contributed by atoms with van der Waals surface area (Å²) in [6, 6.07) is 12.1. The lowest BCUT2D eigenvalue weighted by molar-refractivity contribution is 0.102. The van der Waals surface area contributed by atoms with Gasteiger partial charge in [0, 0.05) is 5.69 Å². The van der Waals surface area contributed by atoms with Crippen LogP contribution in [0.5, 0.6) is 0 Å². The molecule has 2 nitrogen and oxygen atoms in total. The summed E-state index contributed by atoms with van der Waals surface area (Å²) in [4.78, 5) is 12.1. The zero-order chi connectivity index (χ0) is 13.8. The smallest absolute Gasteiger partial charge is 0.258 e. The van der Waals surface area contributed by atoms with E-state index in [4.69, 9.17) is 0 Å². The van der Waals surface area contributed by atoms with Crippen LogP contribution in [0.1, 0.15) is 28.4 Å². The normalized spacial score (nSPS) is 10.3. The summed E-state index contributed by atoms with van der Waals surface area (Å²) in [5.41, 5.74) is 2.70. The molecule has 0 fully saturated rings. The maximum Gasteiger partial charge on any atom is 0.258 e. The standard InChI is InChI=1S/C16H16FNO/c1-3-12-6-4-5-7-15(12)18-16(19)13-10-11(2)8-9-14(13)17/h4-10H,3H2,1-2H3,(H,18,19). The third-order valence-electron chi connectivity index (χ3n) is 3.01. The molecule has 3 heteroatoms. The van der Waals surface area contributed by atoms with Crippen molar-refractivity contribution in [3.63, 3.8) is 0 Å². The molecule has 0 bridgehead atoms. The molecule has 0 aromatic heterocycles. The first kappa shape index (κ1) is 13.3. The summed E-state index contributed by atoms with van der Waals surface area (Å²) in [6.45, 7) is 3.84. The van der Waals surface area contributed by atoms with Gasteiger partial charge in [-0.25, -0.2) is 4.39 Å². The Kier molecular flexibility index (Phi) is 3.95. The summed E-state index contributed by atoms with van der Waals surface area (Å²) >= 11 is 0. The van der Waals surface area contributed by atoms with Gasteiger partial charge in [0.1, 0.15) is 5.82 Å². The van der Waals surface area contributed by atoms with Gasteiger partial charge in [0.15, 0.2) is 0 Å². The van der Waals surface area contributed by atoms with E-state index in [1.165, 1.54) is 6.07 Å². The molecule has 0 saturated carbocycles. The van der Waals surface area contributed by atoms with Crippen molar-refractivity contribution in [2.45, 2.75) is 20.3 Å². The highest BCUT2D eigenvalue weighted by atomic mass is 19.1. The lowest BCUT2D eigenvalue weighted by atomic mass is 10.1. The molecule has 2 aromatic rings. The number of amides is 1. The van der Waals surface area contributed by atoms with E-state index in [2.05, 4.69) is 5.32 Å². The Morgan fingerprint density at radius 1 is 1.21 bits per heavy atom. The number of anilines is 1. The van der Waals surface area contributed by atoms with Crippen molar-refractivity contribution in [1.82, 2.24) is 0 Å². The number of carbonyl (C=O) groups is 1. The zero-order valence-electron chi connectivity index (χ0n) is 11.0. The van der Waals surface area contributed by atoms with Crippen molar-refractivity contribution in [3.05, 3.63) is 65.0 Å². The van der Waals surface area contributed by atoms with E-state index < -0.39 is 11.7 Å². The summed E-state index contributed by atoms with van der Waals surface area (Å²) in [5.74, 6) is -0.917. The number of rotatable bonds is 3. The average Bonchev–Trinajstić information content (AvgIpc) is 2.42. The van der Waals surface area contributed by atoms with Gasteiger partial charge < -0.3 is 5.32 Å². The molecule has 1 N–H and O–H groups in total. The summed E-state index contributed by atoms with van der Waals surface area (Å²) in [7, 11) is 0. The molecule has 98 valence electrons. The van der Waals surface area contributed by atoms with Crippen molar-refractivity contribution in [2.24, 2.45) is 0 Å². The number of halogens is 1. The molecule has 0 aliphatic heterocycles. The van der Waals surface area contributed by atoms with Gasteiger partial charge >= 0.3 is 0 Å². The molecule has 0 atom stereocenters. The highest BCUT2D eigenvalue weighted by Gasteiger charge is 2.13. The second-order valence-corrected chi connectivity index (χ2v) is 4.45. The molecular weight excluding hydrogens is 241 g/mol. The number of aryl methyl sites for hydroxylation is 2. The van der Waals surface area contributed by atoms with Crippen LogP contribution in [0.4, 0.5) is 10.1 Å². The third-order valence-corrected chi connectivity index (χ3v) is 3.01. The van der Waals surface area contributed by atoms with Crippen molar-refractivity contribution in [2.75, 3.05) is 5.32 Å². The van der Waals surface area contributed by atoms with Crippen LogP contribution in [0, 0.1) is 12.7 Å². The van der Waals surface area contributed by atoms with E-state index in [0.29, 0.717) is 0 Å². The quantitative estimate of drug-likeness (QED) is 0.886. The Hall–Kier alpha value is -2.16. The fourth-order valence-electron chi connectivity index (χ4n) is 1.95. The molecule has 0 aliphatic rings. The molecule has 0 aliphatic carbocycles. The van der Waals surface area contributed by atoms with E-state index in [1.54, 1.807) is 12.1 Å². The van der Waals surface area contributed by atoms with Crippen LogP contribution in [0.15, 0.2) is 42.5 Å². The van der Waals surface area contributed by atoms with Crippen LogP contribution in [-0.4, -0.2) is 5.91 Å². The number of benzene rings is 2. The predicted octanol–water partition coefficient (Wildman–Crippen LogP) is 3.95. The lowest BCUT2D eigenvalue weighted by Crippen LogP contribution is -2.15. The highest BCUT2D eigenvalue weighted by molar-refractivity contribution is 6.04. The summed E-state index contributed by atoms with van der Waals surface area (Å²) in [6.07, 6.45) is 0.812. The van der Waals surface area contributed by atoms with Crippen LogP contribution in [0.25, 0.3) is 0 Å². The Bertz CT molecular complexity index is 607. The number of hydrogen-bond donors (Lipinski definition) is 1. The zero-order valence-corrected chi connectivity index (χ0v) is 11.0. The molecule has 0 unspecified atom stereocenters. The van der Waals surface area contributed by atoms with Gasteiger partial charge in [0.25, 0.3) is 5.91 Å². The monoisotopic (exact) mass is 257 g/mol. The number of para-hydroxylation sites is 1. The van der Waals surface area contributed by atoms with E-state index >= 15 is 0 Å². The molecule has 0 radical (unpaired) electrons. The Morgan fingerprint density at radius 3 is 2.68 bits per heavy atom. The summed E-state index contributed by atoms with van der Waals surface area (Å²) in [5, 5.41) is 2.77. The van der Waals surface area contributed by atoms with E-state index in [1.807, 2.05) is 38.1 Å². The minimum absolute atomic E-state index is 0.0749. The van der Waals surface area contributed by atoms with Gasteiger partial charge in [-0.3, -0.25) is 4.79 Å². The molecule has 1 amide bonds. The summed E-state index contributed by atoms with van der Waals surface area (Å²) < 4.78 is 13.6. The molecule has 19 heavy (non-hydrogen) atoms. The van der Waals surface area contributed by atoms with Gasteiger partial charge in [0.2, 0.25) is 0 Å². The Labute approximate surface area is 112 Å². The maximum absolute atomic E-state index is 13.6. The van der Waals surface area contributed by atoms with Crippen molar-refractivity contribution in [3.8, 4) is 0 Å². The molecular formula is C16H16FNO. The molecule has 2 aromatic carbocycles. The fraction of sp³-hybridized carbons (Fsp3) is 0.188. The minimum atomic E-state index is -0.503. The SMILES string of the molecule is CCc1ccccc1NC(=O)c1cc(C)ccc1F. The third kappa shape index (κ3) is 2.99. The number of nitrogens with one attached hydrogen (secondary N) is 1. The molecule has 0 saturated heterocycles. The van der Waals surface area contributed by atoms with Crippen LogP contribution in [0.3, 0.4) is 0 Å². The van der Waals surface area contributed by atoms with E-state index in [9.17, 15) is 9.18 Å². The molecule has 0 spiro atoms. The van der Waals surface area contributed by atoms with Crippen molar-refractivity contribution in [1.29, 1.82) is 0 Å². The second-order valence-electron chi connectivity index (χ2n) is 4.45. The van der Waals surface area contributed by atoms with Crippen LogP contribution < -0.4 is 5.32 Å². The van der Waals surface area contributed by atoms with Crippen molar-refractivity contribution >= 4 is 11.6 Å². The van der Waals surface area contributed by atoms with Gasteiger partial charge in [-0.15, -0.1) is 0 Å². The van der Waals surface area contributed by atoms with Crippen molar-refractivity contribution < 1.29 is 9.18 Å². The van der Waals surface area contributed by atoms with Crippen LogP contribution in [-0.2, 0) is 6.42 Å². The first-order chi connectivity index (χ1) is 9.11. The number of carbonyl (C=O) groups excluding carboxylic acids is 1. The molecule has 0 heterocycles. The fourth-order valence-corrected chi connectivity index (χ4v) is 1.95. The second kappa shape index (κ2) is 5.65. The topological polar surface area (TPSA) is 29.1 Å². The predicted molar refractivity (Wildman–Crippen MR) is 74.9 cm³/mol. The Balaban J connectivity index is 2.28. The van der Waals surface area contributed by atoms with E-state index in [-0.39, 0.29) is 5.56 Å². The largest absolute Gasteiger partial charge is 0.322 e. The van der Waals surface area contributed by atoms with Gasteiger partial charge in [-0.1, -0.05) is 36.8 Å².